The highest BCUT2D eigenvalue weighted by Crippen LogP contribution is 2.28. The summed E-state index contributed by atoms with van der Waals surface area (Å²) in [5, 5.41) is 11.2. The van der Waals surface area contributed by atoms with Crippen LogP contribution in [0.15, 0.2) is 36.4 Å². The maximum atomic E-state index is 12.1. The maximum absolute atomic E-state index is 12.1. The fraction of sp³-hybridized carbons (Fsp3) is 0.350. The molecule has 0 aliphatic carbocycles. The fourth-order valence-electron chi connectivity index (χ4n) is 2.73. The van der Waals surface area contributed by atoms with Gasteiger partial charge >= 0.3 is 0 Å². The number of fused-ring (bicyclic) bond motifs is 1. The lowest BCUT2D eigenvalue weighted by Crippen LogP contribution is -2.33. The van der Waals surface area contributed by atoms with Gasteiger partial charge < -0.3 is 19.6 Å². The summed E-state index contributed by atoms with van der Waals surface area (Å²) in [6.07, 6.45) is 0.653. The molecule has 0 fully saturated rings. The molecule has 154 valence electrons. The van der Waals surface area contributed by atoms with Crippen molar-refractivity contribution >= 4 is 28.5 Å². The molecular formula is C20H23ClN4O4. The van der Waals surface area contributed by atoms with Gasteiger partial charge in [-0.2, -0.15) is 0 Å². The van der Waals surface area contributed by atoms with Crippen molar-refractivity contribution < 1.29 is 19.1 Å². The molecule has 0 unspecified atom stereocenters. The highest BCUT2D eigenvalue weighted by molar-refractivity contribution is 6.31. The van der Waals surface area contributed by atoms with Gasteiger partial charge in [-0.05, 0) is 61.4 Å². The van der Waals surface area contributed by atoms with E-state index in [-0.39, 0.29) is 12.5 Å². The molecule has 2 aromatic carbocycles. The first-order valence-electron chi connectivity index (χ1n) is 9.40. The van der Waals surface area contributed by atoms with Gasteiger partial charge in [0, 0.05) is 11.6 Å². The Hall–Kier alpha value is -3.00. The second-order valence-corrected chi connectivity index (χ2v) is 6.55. The Labute approximate surface area is 173 Å². The molecule has 8 nitrogen and oxygen atoms in total. The largest absolute Gasteiger partial charge is 0.490 e. The Morgan fingerprint density at radius 1 is 1.10 bits per heavy atom. The van der Waals surface area contributed by atoms with Crippen molar-refractivity contribution in [2.75, 3.05) is 26.4 Å². The first kappa shape index (κ1) is 20.7. The van der Waals surface area contributed by atoms with Crippen molar-refractivity contribution in [1.29, 1.82) is 0 Å². The standard InChI is InChI=1S/C20H23ClN4O4/c1-3-27-18-8-5-14(11-19(18)28-4-2)9-10-22-20(26)13-29-25-17-12-15(21)6-7-16(17)23-24-25/h5-8,11-12H,3-4,9-10,13H2,1-2H3,(H,22,26). The lowest BCUT2D eigenvalue weighted by molar-refractivity contribution is -0.126. The van der Waals surface area contributed by atoms with Crippen LogP contribution in [0.1, 0.15) is 19.4 Å². The number of nitrogens with zero attached hydrogens (tertiary/aromatic N) is 3. The third-order valence-corrected chi connectivity index (χ3v) is 4.27. The normalized spacial score (nSPS) is 10.7. The summed E-state index contributed by atoms with van der Waals surface area (Å²) in [6.45, 7) is 5.26. The summed E-state index contributed by atoms with van der Waals surface area (Å²) in [5.41, 5.74) is 2.27. The van der Waals surface area contributed by atoms with Crippen LogP contribution in [0.5, 0.6) is 11.5 Å². The Morgan fingerprint density at radius 2 is 1.90 bits per heavy atom. The van der Waals surface area contributed by atoms with E-state index in [4.69, 9.17) is 25.9 Å². The number of benzene rings is 2. The molecule has 0 aliphatic heterocycles. The monoisotopic (exact) mass is 418 g/mol. The van der Waals surface area contributed by atoms with Crippen LogP contribution in [0.3, 0.4) is 0 Å². The van der Waals surface area contributed by atoms with Gasteiger partial charge in [-0.25, -0.2) is 0 Å². The lowest BCUT2D eigenvalue weighted by Gasteiger charge is -2.12. The molecule has 3 aromatic rings. The first-order chi connectivity index (χ1) is 14.1. The predicted molar refractivity (Wildman–Crippen MR) is 109 cm³/mol. The summed E-state index contributed by atoms with van der Waals surface area (Å²) in [4.78, 5) is 18.7. The van der Waals surface area contributed by atoms with E-state index in [1.54, 1.807) is 18.2 Å². The van der Waals surface area contributed by atoms with Crippen LogP contribution >= 0.6 is 11.6 Å². The Morgan fingerprint density at radius 3 is 2.69 bits per heavy atom. The minimum atomic E-state index is -0.258. The molecule has 0 aliphatic rings. The number of hydrogen-bond acceptors (Lipinski definition) is 6. The zero-order valence-electron chi connectivity index (χ0n) is 16.4. The second kappa shape index (κ2) is 9.97. The lowest BCUT2D eigenvalue weighted by atomic mass is 10.1. The van der Waals surface area contributed by atoms with Gasteiger partial charge in [0.05, 0.1) is 13.2 Å². The molecule has 1 heterocycles. The molecule has 1 amide bonds. The van der Waals surface area contributed by atoms with Crippen LogP contribution in [-0.4, -0.2) is 47.4 Å². The van der Waals surface area contributed by atoms with E-state index in [0.717, 1.165) is 11.3 Å². The van der Waals surface area contributed by atoms with Gasteiger partial charge in [0.15, 0.2) is 18.1 Å². The van der Waals surface area contributed by atoms with Crippen molar-refractivity contribution in [3.05, 3.63) is 47.0 Å². The number of rotatable bonds is 10. The van der Waals surface area contributed by atoms with Gasteiger partial charge in [-0.3, -0.25) is 4.79 Å². The summed E-state index contributed by atoms with van der Waals surface area (Å²) in [7, 11) is 0. The number of carbonyl (C=O) groups is 1. The molecule has 0 saturated heterocycles. The predicted octanol–water partition coefficient (Wildman–Crippen LogP) is 2.67. The molecule has 9 heteroatoms. The van der Waals surface area contributed by atoms with Crippen molar-refractivity contribution in [3.8, 4) is 11.5 Å². The van der Waals surface area contributed by atoms with Crippen LogP contribution in [0.4, 0.5) is 0 Å². The second-order valence-electron chi connectivity index (χ2n) is 6.12. The highest BCUT2D eigenvalue weighted by atomic mass is 35.5. The zero-order valence-corrected chi connectivity index (χ0v) is 17.1. The number of amides is 1. The average Bonchev–Trinajstić information content (AvgIpc) is 3.10. The molecule has 0 radical (unpaired) electrons. The van der Waals surface area contributed by atoms with E-state index in [0.29, 0.717) is 48.0 Å². The Kier molecular flexibility index (Phi) is 7.13. The van der Waals surface area contributed by atoms with Crippen molar-refractivity contribution in [3.63, 3.8) is 0 Å². The topological polar surface area (TPSA) is 87.5 Å². The summed E-state index contributed by atoms with van der Waals surface area (Å²) in [5.74, 6) is 1.17. The van der Waals surface area contributed by atoms with Gasteiger partial charge in [0.2, 0.25) is 0 Å². The van der Waals surface area contributed by atoms with E-state index in [1.807, 2.05) is 32.0 Å². The fourth-order valence-corrected chi connectivity index (χ4v) is 2.90. The number of aromatic nitrogens is 3. The van der Waals surface area contributed by atoms with Crippen LogP contribution in [-0.2, 0) is 11.2 Å². The molecule has 0 bridgehead atoms. The third-order valence-electron chi connectivity index (χ3n) is 4.04. The van der Waals surface area contributed by atoms with Crippen LogP contribution in [0.25, 0.3) is 11.0 Å². The minimum absolute atomic E-state index is 0.182. The third kappa shape index (κ3) is 5.51. The first-order valence-corrected chi connectivity index (χ1v) is 9.78. The van der Waals surface area contributed by atoms with Crippen LogP contribution in [0, 0.1) is 0 Å². The van der Waals surface area contributed by atoms with Crippen molar-refractivity contribution in [2.24, 2.45) is 0 Å². The summed E-state index contributed by atoms with van der Waals surface area (Å²) < 4.78 is 11.2. The molecule has 1 aromatic heterocycles. The van der Waals surface area contributed by atoms with E-state index >= 15 is 0 Å². The minimum Gasteiger partial charge on any atom is -0.490 e. The van der Waals surface area contributed by atoms with Crippen molar-refractivity contribution in [1.82, 2.24) is 20.5 Å². The zero-order chi connectivity index (χ0) is 20.6. The maximum Gasteiger partial charge on any atom is 0.260 e. The van der Waals surface area contributed by atoms with Crippen LogP contribution in [0.2, 0.25) is 5.02 Å². The quantitative estimate of drug-likeness (QED) is 0.544. The van der Waals surface area contributed by atoms with Gasteiger partial charge in [-0.1, -0.05) is 22.5 Å². The van der Waals surface area contributed by atoms with E-state index in [9.17, 15) is 4.79 Å². The molecule has 0 atom stereocenters. The van der Waals surface area contributed by atoms with Crippen LogP contribution < -0.4 is 19.6 Å². The Bertz CT molecular complexity index is 976. The van der Waals surface area contributed by atoms with Crippen molar-refractivity contribution in [2.45, 2.75) is 20.3 Å². The number of hydrogen-bond donors (Lipinski definition) is 1. The number of carbonyl (C=O) groups excluding carboxylic acids is 1. The molecular weight excluding hydrogens is 396 g/mol. The van der Waals surface area contributed by atoms with E-state index in [1.165, 1.54) is 4.85 Å². The number of halogens is 1. The number of nitrogens with one attached hydrogen (secondary N) is 1. The SMILES string of the molecule is CCOc1ccc(CCNC(=O)COn2nnc3ccc(Cl)cc32)cc1OCC. The van der Waals surface area contributed by atoms with E-state index in [2.05, 4.69) is 15.6 Å². The number of ether oxygens (including phenoxy) is 2. The molecule has 1 N–H and O–H groups in total. The van der Waals surface area contributed by atoms with Gasteiger partial charge in [0.1, 0.15) is 11.0 Å². The molecule has 29 heavy (non-hydrogen) atoms. The average molecular weight is 419 g/mol. The highest BCUT2D eigenvalue weighted by Gasteiger charge is 2.10. The Balaban J connectivity index is 1.49. The van der Waals surface area contributed by atoms with E-state index < -0.39 is 0 Å². The summed E-state index contributed by atoms with van der Waals surface area (Å²) in [6, 6.07) is 10.9. The molecule has 3 rings (SSSR count). The van der Waals surface area contributed by atoms with Gasteiger partial charge in [-0.15, -0.1) is 5.10 Å². The smallest absolute Gasteiger partial charge is 0.260 e. The molecule has 0 spiro atoms. The molecule has 0 saturated carbocycles. The summed E-state index contributed by atoms with van der Waals surface area (Å²) >= 11 is 5.97. The van der Waals surface area contributed by atoms with Gasteiger partial charge in [0.25, 0.3) is 5.91 Å².